The van der Waals surface area contributed by atoms with Crippen LogP contribution in [0, 0.1) is 0 Å². The Hall–Kier alpha value is -1.89. The number of carbonyl (C=O) groups is 1. The summed E-state index contributed by atoms with van der Waals surface area (Å²) < 4.78 is 11.2. The van der Waals surface area contributed by atoms with Crippen LogP contribution in [0.4, 0.5) is 0 Å². The summed E-state index contributed by atoms with van der Waals surface area (Å²) in [5, 5.41) is 13.0. The minimum atomic E-state index is -1.05. The fourth-order valence-corrected chi connectivity index (χ4v) is 2.13. The average molecular weight is 339 g/mol. The number of hydrogen-bond donors (Lipinski definition) is 1. The van der Waals surface area contributed by atoms with Crippen molar-refractivity contribution in [2.24, 2.45) is 0 Å². The van der Waals surface area contributed by atoms with Crippen molar-refractivity contribution in [3.8, 4) is 5.75 Å². The van der Waals surface area contributed by atoms with E-state index in [-0.39, 0.29) is 17.9 Å². The largest absolute Gasteiger partial charge is 0.483 e. The van der Waals surface area contributed by atoms with E-state index in [0.29, 0.717) is 22.1 Å². The molecule has 0 bridgehead atoms. The number of ether oxygens (including phenoxy) is 1. The zero-order valence-corrected chi connectivity index (χ0v) is 12.0. The maximum Gasteiger partial charge on any atom is 0.339 e. The second kappa shape index (κ2) is 5.24. The van der Waals surface area contributed by atoms with Gasteiger partial charge in [0.05, 0.1) is 0 Å². The number of aromatic carboxylic acids is 1. The monoisotopic (exact) mass is 338 g/mol. The van der Waals surface area contributed by atoms with Gasteiger partial charge >= 0.3 is 5.97 Å². The van der Waals surface area contributed by atoms with Gasteiger partial charge in [-0.1, -0.05) is 21.1 Å². The van der Waals surface area contributed by atoms with Crippen LogP contribution in [0.2, 0.25) is 0 Å². The molecule has 0 unspecified atom stereocenters. The molecule has 3 rings (SSSR count). The minimum absolute atomic E-state index is 0.0572. The minimum Gasteiger partial charge on any atom is -0.483 e. The molecular formula is C13H11BrN2O4. The summed E-state index contributed by atoms with van der Waals surface area (Å²) in [5.41, 5.74) is 0.0845. The Bertz CT molecular complexity index is 652. The first-order valence-corrected chi connectivity index (χ1v) is 6.91. The molecule has 1 fully saturated rings. The van der Waals surface area contributed by atoms with E-state index in [0.717, 1.165) is 12.8 Å². The fraction of sp³-hybridized carbons (Fsp3) is 0.308. The smallest absolute Gasteiger partial charge is 0.339 e. The van der Waals surface area contributed by atoms with Crippen molar-refractivity contribution in [3.63, 3.8) is 0 Å². The Morgan fingerprint density at radius 3 is 3.00 bits per heavy atom. The number of carboxylic acids is 1. The third-order valence-electron chi connectivity index (χ3n) is 2.95. The number of benzene rings is 1. The summed E-state index contributed by atoms with van der Waals surface area (Å²) in [6.07, 6.45) is 2.19. The van der Waals surface area contributed by atoms with E-state index < -0.39 is 5.97 Å². The van der Waals surface area contributed by atoms with Crippen LogP contribution in [-0.4, -0.2) is 21.2 Å². The molecule has 2 aromatic rings. The highest BCUT2D eigenvalue weighted by Crippen LogP contribution is 2.38. The first kappa shape index (κ1) is 13.1. The second-order valence-corrected chi connectivity index (χ2v) is 5.47. The van der Waals surface area contributed by atoms with Crippen LogP contribution in [0.25, 0.3) is 0 Å². The van der Waals surface area contributed by atoms with Gasteiger partial charge in [0.15, 0.2) is 12.4 Å². The predicted octanol–water partition coefficient (Wildman–Crippen LogP) is 2.99. The van der Waals surface area contributed by atoms with Gasteiger partial charge in [0.1, 0.15) is 11.3 Å². The molecule has 1 aliphatic carbocycles. The molecule has 6 nitrogen and oxygen atoms in total. The van der Waals surface area contributed by atoms with Crippen molar-refractivity contribution in [1.82, 2.24) is 10.1 Å². The molecular weight excluding hydrogens is 328 g/mol. The number of hydrogen-bond acceptors (Lipinski definition) is 5. The fourth-order valence-electron chi connectivity index (χ4n) is 1.77. The van der Waals surface area contributed by atoms with Crippen molar-refractivity contribution >= 4 is 21.9 Å². The van der Waals surface area contributed by atoms with Crippen LogP contribution in [0.1, 0.15) is 40.8 Å². The van der Waals surface area contributed by atoms with E-state index in [1.165, 1.54) is 6.07 Å². The van der Waals surface area contributed by atoms with Gasteiger partial charge in [0.25, 0.3) is 5.89 Å². The molecule has 0 spiro atoms. The highest BCUT2D eigenvalue weighted by Gasteiger charge is 2.28. The van der Waals surface area contributed by atoms with Crippen LogP contribution in [-0.2, 0) is 6.61 Å². The van der Waals surface area contributed by atoms with Gasteiger partial charge in [-0.15, -0.1) is 0 Å². The average Bonchev–Trinajstić information content (AvgIpc) is 3.17. The van der Waals surface area contributed by atoms with Crippen molar-refractivity contribution in [3.05, 3.63) is 40.0 Å². The summed E-state index contributed by atoms with van der Waals surface area (Å²) in [7, 11) is 0. The van der Waals surface area contributed by atoms with Crippen molar-refractivity contribution < 1.29 is 19.2 Å². The van der Waals surface area contributed by atoms with Gasteiger partial charge < -0.3 is 14.4 Å². The van der Waals surface area contributed by atoms with Crippen molar-refractivity contribution in [1.29, 1.82) is 0 Å². The first-order chi connectivity index (χ1) is 9.63. The highest BCUT2D eigenvalue weighted by molar-refractivity contribution is 9.10. The molecule has 1 aliphatic rings. The quantitative estimate of drug-likeness (QED) is 0.901. The number of carboxylic acid groups (broad SMARTS) is 1. The van der Waals surface area contributed by atoms with Crippen molar-refractivity contribution in [2.75, 3.05) is 0 Å². The SMILES string of the molecule is O=C(O)c1cc(Br)ccc1OCc1nc(C2CC2)no1. The summed E-state index contributed by atoms with van der Waals surface area (Å²) in [4.78, 5) is 15.4. The van der Waals surface area contributed by atoms with E-state index in [4.69, 9.17) is 14.4 Å². The lowest BCUT2D eigenvalue weighted by Gasteiger charge is -2.07. The molecule has 1 heterocycles. The highest BCUT2D eigenvalue weighted by atomic mass is 79.9. The summed E-state index contributed by atoms with van der Waals surface area (Å²) in [6.45, 7) is 0.0572. The number of halogens is 1. The van der Waals surface area contributed by atoms with Crippen LogP contribution in [0.3, 0.4) is 0 Å². The molecule has 1 N–H and O–H groups in total. The predicted molar refractivity (Wildman–Crippen MR) is 71.7 cm³/mol. The van der Waals surface area contributed by atoms with Crippen LogP contribution < -0.4 is 4.74 Å². The molecule has 0 saturated heterocycles. The topological polar surface area (TPSA) is 85.5 Å². The van der Waals surface area contributed by atoms with E-state index in [1.807, 2.05) is 0 Å². The van der Waals surface area contributed by atoms with E-state index >= 15 is 0 Å². The summed E-state index contributed by atoms with van der Waals surface area (Å²) in [5.74, 6) is 0.691. The summed E-state index contributed by atoms with van der Waals surface area (Å²) >= 11 is 3.23. The molecule has 0 aliphatic heterocycles. The molecule has 1 aromatic carbocycles. The maximum absolute atomic E-state index is 11.1. The van der Waals surface area contributed by atoms with Crippen LogP contribution in [0.15, 0.2) is 27.2 Å². The Morgan fingerprint density at radius 2 is 2.30 bits per heavy atom. The van der Waals surface area contributed by atoms with Crippen LogP contribution >= 0.6 is 15.9 Å². The molecule has 0 radical (unpaired) electrons. The molecule has 0 amide bonds. The molecule has 1 saturated carbocycles. The lowest BCUT2D eigenvalue weighted by molar-refractivity contribution is 0.0691. The van der Waals surface area contributed by atoms with Gasteiger partial charge in [0.2, 0.25) is 0 Å². The van der Waals surface area contributed by atoms with Gasteiger partial charge in [-0.2, -0.15) is 4.98 Å². The second-order valence-electron chi connectivity index (χ2n) is 4.55. The first-order valence-electron chi connectivity index (χ1n) is 6.11. The van der Waals surface area contributed by atoms with E-state index in [9.17, 15) is 4.79 Å². The maximum atomic E-state index is 11.1. The molecule has 20 heavy (non-hydrogen) atoms. The zero-order valence-electron chi connectivity index (χ0n) is 10.4. The lowest BCUT2D eigenvalue weighted by atomic mass is 10.2. The Labute approximate surface area is 122 Å². The van der Waals surface area contributed by atoms with Gasteiger partial charge in [-0.05, 0) is 31.0 Å². The van der Waals surface area contributed by atoms with Gasteiger partial charge in [-0.3, -0.25) is 0 Å². The standard InChI is InChI=1S/C13H11BrN2O4/c14-8-3-4-10(9(5-8)13(17)18)19-6-11-15-12(16-20-11)7-1-2-7/h3-5,7H,1-2,6H2,(H,17,18). The normalized spacial score (nSPS) is 14.2. The third-order valence-corrected chi connectivity index (χ3v) is 3.44. The molecule has 1 aromatic heterocycles. The van der Waals surface area contributed by atoms with Crippen molar-refractivity contribution in [2.45, 2.75) is 25.4 Å². The zero-order chi connectivity index (χ0) is 14.1. The number of rotatable bonds is 5. The lowest BCUT2D eigenvalue weighted by Crippen LogP contribution is -2.03. The Morgan fingerprint density at radius 1 is 1.50 bits per heavy atom. The molecule has 7 heteroatoms. The molecule has 104 valence electrons. The summed E-state index contributed by atoms with van der Waals surface area (Å²) in [6, 6.07) is 4.79. The number of aromatic nitrogens is 2. The Balaban J connectivity index is 1.72. The van der Waals surface area contributed by atoms with Crippen LogP contribution in [0.5, 0.6) is 5.75 Å². The van der Waals surface area contributed by atoms with E-state index in [1.54, 1.807) is 12.1 Å². The third kappa shape index (κ3) is 2.82. The Kier molecular flexibility index (Phi) is 3.43. The molecule has 0 atom stereocenters. The van der Waals surface area contributed by atoms with Gasteiger partial charge in [-0.25, -0.2) is 4.79 Å². The van der Waals surface area contributed by atoms with Gasteiger partial charge in [0, 0.05) is 10.4 Å². The van der Waals surface area contributed by atoms with E-state index in [2.05, 4.69) is 26.1 Å². The number of nitrogens with zero attached hydrogens (tertiary/aromatic N) is 2.